The summed E-state index contributed by atoms with van der Waals surface area (Å²) in [5, 5.41) is 0.748. The van der Waals surface area contributed by atoms with Crippen molar-refractivity contribution in [1.29, 1.82) is 0 Å². The number of fused-ring (bicyclic) bond motifs is 3. The Kier molecular flexibility index (Phi) is 11.4. The summed E-state index contributed by atoms with van der Waals surface area (Å²) in [6.07, 6.45) is 11.6. The minimum atomic E-state index is -0.761. The molecule has 10 nitrogen and oxygen atoms in total. The molecule has 12 heteroatoms. The minimum Gasteiger partial charge on any atom is -0.493 e. The van der Waals surface area contributed by atoms with Crippen molar-refractivity contribution in [1.82, 2.24) is 14.9 Å². The highest BCUT2D eigenvalue weighted by molar-refractivity contribution is 6.35. The highest BCUT2D eigenvalue weighted by Gasteiger charge is 2.37. The summed E-state index contributed by atoms with van der Waals surface area (Å²) in [5.74, 6) is 1.05. The van der Waals surface area contributed by atoms with Gasteiger partial charge in [-0.3, -0.25) is 19.8 Å². The number of halogens is 2. The van der Waals surface area contributed by atoms with E-state index in [1.807, 2.05) is 36.4 Å². The van der Waals surface area contributed by atoms with Crippen LogP contribution in [0.5, 0.6) is 11.5 Å². The number of rotatable bonds is 12. The summed E-state index contributed by atoms with van der Waals surface area (Å²) in [7, 11) is 1.60. The van der Waals surface area contributed by atoms with E-state index in [2.05, 4.69) is 14.9 Å². The number of benzene rings is 2. The normalized spacial score (nSPS) is 20.2. The Hall–Kier alpha value is -4.38. The number of esters is 1. The van der Waals surface area contributed by atoms with E-state index in [1.54, 1.807) is 42.6 Å². The smallest absolute Gasteiger partial charge is 0.414 e. The van der Waals surface area contributed by atoms with Gasteiger partial charge in [0.05, 0.1) is 47.3 Å². The second-order valence-electron chi connectivity index (χ2n) is 13.7. The van der Waals surface area contributed by atoms with Gasteiger partial charge in [0.15, 0.2) is 11.5 Å². The maximum atomic E-state index is 13.8. The van der Waals surface area contributed by atoms with Gasteiger partial charge < -0.3 is 18.9 Å². The van der Waals surface area contributed by atoms with Gasteiger partial charge in [0.2, 0.25) is 0 Å². The molecule has 0 unspecified atom stereocenters. The van der Waals surface area contributed by atoms with Crippen molar-refractivity contribution in [2.24, 2.45) is 5.92 Å². The molecule has 0 N–H and O–H groups in total. The van der Waals surface area contributed by atoms with Gasteiger partial charge in [-0.15, -0.1) is 0 Å². The van der Waals surface area contributed by atoms with Crippen molar-refractivity contribution in [2.45, 2.75) is 69.8 Å². The molecule has 3 aliphatic heterocycles. The summed E-state index contributed by atoms with van der Waals surface area (Å²) in [4.78, 5) is 39.6. The van der Waals surface area contributed by atoms with E-state index in [0.717, 1.165) is 63.7 Å². The van der Waals surface area contributed by atoms with E-state index in [-0.39, 0.29) is 25.2 Å². The summed E-state index contributed by atoms with van der Waals surface area (Å²) < 4.78 is 24.3. The monoisotopic (exact) mass is 744 g/mol. The third kappa shape index (κ3) is 8.46. The van der Waals surface area contributed by atoms with E-state index in [1.165, 1.54) is 12.4 Å². The van der Waals surface area contributed by atoms with Gasteiger partial charge in [-0.25, -0.2) is 9.59 Å². The molecule has 1 saturated carbocycles. The van der Waals surface area contributed by atoms with Gasteiger partial charge in [-0.1, -0.05) is 41.4 Å². The number of methoxy groups -OCH3 is 1. The van der Waals surface area contributed by atoms with Gasteiger partial charge in [-0.05, 0) is 111 Å². The molecule has 3 saturated heterocycles. The molecule has 0 radical (unpaired) electrons. The van der Waals surface area contributed by atoms with Crippen LogP contribution in [-0.2, 0) is 22.4 Å². The lowest BCUT2D eigenvalue weighted by Crippen LogP contribution is -2.53. The molecule has 5 heterocycles. The van der Waals surface area contributed by atoms with Crippen molar-refractivity contribution < 1.29 is 28.5 Å². The molecular formula is C40H42Cl2N4O6. The molecule has 4 fully saturated rings. The average molecular weight is 746 g/mol. The molecule has 4 aliphatic rings. The first kappa shape index (κ1) is 36.0. The number of ether oxygens (including phenoxy) is 4. The van der Waals surface area contributed by atoms with Gasteiger partial charge in [0, 0.05) is 31.6 Å². The van der Waals surface area contributed by atoms with Crippen LogP contribution in [0.15, 0.2) is 79.4 Å². The summed E-state index contributed by atoms with van der Waals surface area (Å²) in [5.41, 5.74) is 3.10. The molecule has 1 amide bonds. The van der Waals surface area contributed by atoms with Crippen LogP contribution >= 0.6 is 23.2 Å². The second kappa shape index (κ2) is 16.5. The Balaban J connectivity index is 1.09. The minimum absolute atomic E-state index is 0.101. The fourth-order valence-corrected chi connectivity index (χ4v) is 7.87. The van der Waals surface area contributed by atoms with Gasteiger partial charge >= 0.3 is 12.1 Å². The first-order valence-electron chi connectivity index (χ1n) is 17.9. The van der Waals surface area contributed by atoms with E-state index in [9.17, 15) is 9.59 Å². The Morgan fingerprint density at radius 2 is 1.67 bits per heavy atom. The SMILES string of the molecule is COc1ccc([C@H](Cc2c(Cl)cncc2Cl)OC(=O)c2ccc(CN(C(=O)O[C@H]3CN4CCC3CC4)c3cccnc3)cc2)cc1OC1CCCC1. The van der Waals surface area contributed by atoms with Crippen LogP contribution < -0.4 is 14.4 Å². The van der Waals surface area contributed by atoms with Crippen LogP contribution in [0.4, 0.5) is 10.5 Å². The molecule has 0 spiro atoms. The summed E-state index contributed by atoms with van der Waals surface area (Å²) in [6.45, 7) is 3.11. The average Bonchev–Trinajstić information content (AvgIpc) is 3.69. The lowest BCUT2D eigenvalue weighted by Gasteiger charge is -2.44. The van der Waals surface area contributed by atoms with E-state index in [0.29, 0.717) is 49.8 Å². The largest absolute Gasteiger partial charge is 0.493 e. The lowest BCUT2D eigenvalue weighted by molar-refractivity contribution is -0.0311. The van der Waals surface area contributed by atoms with Crippen molar-refractivity contribution >= 4 is 41.0 Å². The number of hydrogen-bond acceptors (Lipinski definition) is 9. The predicted molar refractivity (Wildman–Crippen MR) is 198 cm³/mol. The zero-order valence-corrected chi connectivity index (χ0v) is 30.6. The second-order valence-corrected chi connectivity index (χ2v) is 14.5. The topological polar surface area (TPSA) is 103 Å². The zero-order chi connectivity index (χ0) is 36.0. The number of amides is 1. The zero-order valence-electron chi connectivity index (χ0n) is 29.1. The molecule has 2 bridgehead atoms. The Labute approximate surface area is 313 Å². The fraction of sp³-hybridized carbons (Fsp3) is 0.400. The van der Waals surface area contributed by atoms with E-state index < -0.39 is 18.2 Å². The van der Waals surface area contributed by atoms with Crippen LogP contribution in [0, 0.1) is 5.92 Å². The number of nitrogens with zero attached hydrogens (tertiary/aromatic N) is 4. The quantitative estimate of drug-likeness (QED) is 0.132. The first-order valence-corrected chi connectivity index (χ1v) is 18.6. The molecule has 2 aromatic carbocycles. The molecule has 52 heavy (non-hydrogen) atoms. The highest BCUT2D eigenvalue weighted by Crippen LogP contribution is 2.38. The first-order chi connectivity index (χ1) is 25.3. The lowest BCUT2D eigenvalue weighted by atomic mass is 9.86. The number of anilines is 1. The van der Waals surface area contributed by atoms with Crippen molar-refractivity contribution in [3.05, 3.63) is 112 Å². The van der Waals surface area contributed by atoms with Gasteiger partial charge in [-0.2, -0.15) is 0 Å². The Morgan fingerprint density at radius 3 is 2.33 bits per heavy atom. The highest BCUT2D eigenvalue weighted by atomic mass is 35.5. The molecule has 272 valence electrons. The number of pyridine rings is 2. The third-order valence-corrected chi connectivity index (χ3v) is 11.0. The fourth-order valence-electron chi connectivity index (χ4n) is 7.36. The summed E-state index contributed by atoms with van der Waals surface area (Å²) >= 11 is 13.1. The molecule has 4 aromatic rings. The van der Waals surface area contributed by atoms with E-state index >= 15 is 0 Å². The van der Waals surface area contributed by atoms with Gasteiger partial charge in [0.1, 0.15) is 12.2 Å². The van der Waals surface area contributed by atoms with Crippen molar-refractivity contribution in [2.75, 3.05) is 31.6 Å². The van der Waals surface area contributed by atoms with E-state index in [4.69, 9.17) is 42.1 Å². The van der Waals surface area contributed by atoms with Crippen LogP contribution in [0.2, 0.25) is 10.0 Å². The number of aromatic nitrogens is 2. The molecule has 2 aromatic heterocycles. The van der Waals surface area contributed by atoms with Crippen molar-refractivity contribution in [3.63, 3.8) is 0 Å². The number of piperidine rings is 3. The number of carbonyl (C=O) groups is 2. The molecule has 8 rings (SSSR count). The third-order valence-electron chi connectivity index (χ3n) is 10.3. The van der Waals surface area contributed by atoms with Crippen LogP contribution in [0.1, 0.15) is 71.7 Å². The molecular weight excluding hydrogens is 703 g/mol. The maximum absolute atomic E-state index is 13.8. The van der Waals surface area contributed by atoms with Crippen LogP contribution in [0.3, 0.4) is 0 Å². The number of hydrogen-bond donors (Lipinski definition) is 0. The Morgan fingerprint density at radius 1 is 0.923 bits per heavy atom. The maximum Gasteiger partial charge on any atom is 0.414 e. The van der Waals surface area contributed by atoms with Crippen LogP contribution in [0.25, 0.3) is 0 Å². The standard InChI is InChI=1S/C40H42Cl2N4O6/c1-49-35-13-12-29(19-37(35)50-31-6-2-3-7-31)36(20-32-33(41)22-44-23-34(32)42)51-39(47)28-10-8-26(9-11-28)24-46(30-5-4-16-43-21-30)40(48)52-38-25-45-17-14-27(38)15-18-45/h4-5,8-13,16,19,21-23,27,31,36,38H,2-3,6-7,14-15,17-18,20,24-25H2,1H3/t36-,38-/m0/s1. The Bertz CT molecular complexity index is 1830. The summed E-state index contributed by atoms with van der Waals surface area (Å²) in [6, 6.07) is 16.2. The van der Waals surface area contributed by atoms with Crippen molar-refractivity contribution in [3.8, 4) is 11.5 Å². The molecule has 2 atom stereocenters. The van der Waals surface area contributed by atoms with Crippen LogP contribution in [-0.4, -0.2) is 65.9 Å². The number of carbonyl (C=O) groups excluding carboxylic acids is 2. The van der Waals surface area contributed by atoms with Gasteiger partial charge in [0.25, 0.3) is 0 Å². The predicted octanol–water partition coefficient (Wildman–Crippen LogP) is 8.49. The molecule has 1 aliphatic carbocycles.